The fraction of sp³-hybridized carbons (Fsp3) is 0.0625. The molecular weight excluding hydrogens is 534 g/mol. The van der Waals surface area contributed by atoms with Crippen LogP contribution in [-0.4, -0.2) is 42.4 Å². The highest BCUT2D eigenvalue weighted by atomic mass is 32.2. The molecule has 7 rings (SSSR count). The second kappa shape index (κ2) is 9.79. The van der Waals surface area contributed by atoms with Gasteiger partial charge in [-0.05, 0) is 36.6 Å². The van der Waals surface area contributed by atoms with Crippen LogP contribution in [0.5, 0.6) is 0 Å². The quantitative estimate of drug-likeness (QED) is 0.218. The van der Waals surface area contributed by atoms with Crippen LogP contribution >= 0.6 is 11.8 Å². The van der Waals surface area contributed by atoms with Crippen molar-refractivity contribution in [2.24, 2.45) is 0 Å². The van der Waals surface area contributed by atoms with Crippen molar-refractivity contribution in [1.82, 2.24) is 20.2 Å². The number of hydrogen-bond acceptors (Lipinski definition) is 7. The van der Waals surface area contributed by atoms with Gasteiger partial charge in [0.25, 0.3) is 0 Å². The number of para-hydroxylation sites is 1. The summed E-state index contributed by atoms with van der Waals surface area (Å²) in [5, 5.41) is 24.2. The Bertz CT molecular complexity index is 2020. The fourth-order valence-corrected chi connectivity index (χ4v) is 5.86. The van der Waals surface area contributed by atoms with Gasteiger partial charge < -0.3 is 10.4 Å². The van der Waals surface area contributed by atoms with E-state index in [0.29, 0.717) is 27.4 Å². The number of aromatic nitrogens is 4. The van der Waals surface area contributed by atoms with Gasteiger partial charge in [-0.2, -0.15) is 0 Å². The van der Waals surface area contributed by atoms with Crippen molar-refractivity contribution < 1.29 is 14.7 Å². The van der Waals surface area contributed by atoms with Gasteiger partial charge in [-0.1, -0.05) is 78.5 Å². The summed E-state index contributed by atoms with van der Waals surface area (Å²) >= 11 is 1.25. The lowest BCUT2D eigenvalue weighted by atomic mass is 10.0. The Morgan fingerprint density at radius 1 is 0.829 bits per heavy atom. The lowest BCUT2D eigenvalue weighted by Gasteiger charge is -2.12. The van der Waals surface area contributed by atoms with E-state index in [0.717, 1.165) is 38.9 Å². The van der Waals surface area contributed by atoms with Crippen LogP contribution in [0.15, 0.2) is 96.2 Å². The summed E-state index contributed by atoms with van der Waals surface area (Å²) in [6.45, 7) is 1.80. The molecule has 6 aromatic rings. The van der Waals surface area contributed by atoms with Gasteiger partial charge in [-0.25, -0.2) is 14.8 Å². The smallest absolute Gasteiger partial charge is 0.336 e. The third-order valence-corrected chi connectivity index (χ3v) is 8.08. The molecule has 8 nitrogen and oxygen atoms in total. The monoisotopic (exact) mass is 555 g/mol. The molecule has 1 atom stereocenters. The Morgan fingerprint density at radius 3 is 2.32 bits per heavy atom. The summed E-state index contributed by atoms with van der Waals surface area (Å²) in [7, 11) is 0. The van der Waals surface area contributed by atoms with E-state index in [1.54, 1.807) is 43.3 Å². The minimum Gasteiger partial charge on any atom is -0.478 e. The lowest BCUT2D eigenvalue weighted by Crippen LogP contribution is -2.22. The molecule has 198 valence electrons. The van der Waals surface area contributed by atoms with Crippen LogP contribution in [0.3, 0.4) is 0 Å². The largest absolute Gasteiger partial charge is 0.478 e. The summed E-state index contributed by atoms with van der Waals surface area (Å²) in [6, 6.07) is 28.1. The predicted molar refractivity (Wildman–Crippen MR) is 160 cm³/mol. The van der Waals surface area contributed by atoms with Gasteiger partial charge in [0.2, 0.25) is 11.1 Å². The number of thioether (sulfide) groups is 1. The van der Waals surface area contributed by atoms with Crippen LogP contribution in [-0.2, 0) is 4.79 Å². The van der Waals surface area contributed by atoms with Gasteiger partial charge >= 0.3 is 5.97 Å². The number of amides is 1. The van der Waals surface area contributed by atoms with Crippen LogP contribution in [0.1, 0.15) is 17.3 Å². The molecule has 1 unspecified atom stereocenters. The first-order chi connectivity index (χ1) is 20.0. The molecule has 2 heterocycles. The number of nitrogens with one attached hydrogen (secondary N) is 1. The topological polar surface area (TPSA) is 118 Å². The molecule has 0 bridgehead atoms. The second-order valence-electron chi connectivity index (χ2n) is 9.70. The SMILES string of the molecule is CC(Sc1nnc2c(n1)-c1cccc3cccc-2c13)C(=O)Nc1ccc(-c2cc(C(=O)O)c3ccccc3n2)cc1. The first kappa shape index (κ1) is 24.9. The number of fused-ring (bicyclic) bond motifs is 4. The molecule has 1 aliphatic carbocycles. The fourth-order valence-electron chi connectivity index (χ4n) is 5.15. The van der Waals surface area contributed by atoms with E-state index < -0.39 is 11.2 Å². The van der Waals surface area contributed by atoms with E-state index in [1.165, 1.54) is 11.8 Å². The summed E-state index contributed by atoms with van der Waals surface area (Å²) in [5.41, 5.74) is 6.29. The second-order valence-corrected chi connectivity index (χ2v) is 11.0. The number of carbonyl (C=O) groups is 2. The molecule has 4 aromatic carbocycles. The third-order valence-electron chi connectivity index (χ3n) is 7.13. The molecule has 2 aromatic heterocycles. The van der Waals surface area contributed by atoms with Crippen molar-refractivity contribution >= 4 is 51.0 Å². The van der Waals surface area contributed by atoms with E-state index in [4.69, 9.17) is 4.98 Å². The van der Waals surface area contributed by atoms with Crippen molar-refractivity contribution in [3.05, 3.63) is 96.6 Å². The molecule has 1 amide bonds. The predicted octanol–water partition coefficient (Wildman–Crippen LogP) is 6.70. The van der Waals surface area contributed by atoms with Crippen LogP contribution in [0.4, 0.5) is 5.69 Å². The Kier molecular flexibility index (Phi) is 5.94. The van der Waals surface area contributed by atoms with E-state index >= 15 is 0 Å². The first-order valence-electron chi connectivity index (χ1n) is 12.9. The standard InChI is InChI=1S/C32H21N5O3S/c1-17(41-32-35-28-22-9-4-6-19-7-5-10-23(27(19)22)29(28)36-37-32)30(38)33-20-14-12-18(13-15-20)26-16-24(31(39)40)21-8-2-3-11-25(21)34-26/h2-17H,1H3,(H,33,38)(H,39,40). The molecule has 9 heteroatoms. The van der Waals surface area contributed by atoms with Gasteiger partial charge in [0.15, 0.2) is 0 Å². The molecule has 0 spiro atoms. The summed E-state index contributed by atoms with van der Waals surface area (Å²) in [5.74, 6) is -1.21. The van der Waals surface area contributed by atoms with Gasteiger partial charge in [0, 0.05) is 33.2 Å². The maximum atomic E-state index is 13.0. The normalized spacial score (nSPS) is 12.3. The molecule has 0 aliphatic heterocycles. The summed E-state index contributed by atoms with van der Waals surface area (Å²) in [6.07, 6.45) is 0. The lowest BCUT2D eigenvalue weighted by molar-refractivity contribution is -0.115. The minimum atomic E-state index is -1.01. The maximum Gasteiger partial charge on any atom is 0.336 e. The minimum absolute atomic E-state index is 0.192. The summed E-state index contributed by atoms with van der Waals surface area (Å²) in [4.78, 5) is 34.2. The number of benzene rings is 4. The highest BCUT2D eigenvalue weighted by Crippen LogP contribution is 2.45. The Hall–Kier alpha value is -5.15. The van der Waals surface area contributed by atoms with Crippen molar-refractivity contribution in [3.8, 4) is 33.8 Å². The van der Waals surface area contributed by atoms with Crippen LogP contribution in [0.2, 0.25) is 0 Å². The third kappa shape index (κ3) is 4.36. The van der Waals surface area contributed by atoms with E-state index in [2.05, 4.69) is 32.6 Å². The molecule has 41 heavy (non-hydrogen) atoms. The number of hydrogen-bond donors (Lipinski definition) is 2. The van der Waals surface area contributed by atoms with E-state index in [-0.39, 0.29) is 11.5 Å². The zero-order valence-corrected chi connectivity index (χ0v) is 22.5. The molecule has 2 N–H and O–H groups in total. The van der Waals surface area contributed by atoms with Gasteiger partial charge in [0.1, 0.15) is 11.4 Å². The molecule has 1 aliphatic rings. The highest BCUT2D eigenvalue weighted by molar-refractivity contribution is 8.00. The number of carbonyl (C=O) groups excluding carboxylic acids is 1. The van der Waals surface area contributed by atoms with Crippen molar-refractivity contribution in [2.45, 2.75) is 17.3 Å². The number of anilines is 1. The molecule has 0 radical (unpaired) electrons. The number of carboxylic acid groups (broad SMARTS) is 1. The summed E-state index contributed by atoms with van der Waals surface area (Å²) < 4.78 is 0. The zero-order valence-electron chi connectivity index (χ0n) is 21.7. The van der Waals surface area contributed by atoms with Crippen LogP contribution < -0.4 is 5.32 Å². The Labute approximate surface area is 238 Å². The van der Waals surface area contributed by atoms with Crippen LogP contribution in [0, 0.1) is 0 Å². The van der Waals surface area contributed by atoms with Crippen molar-refractivity contribution in [1.29, 1.82) is 0 Å². The van der Waals surface area contributed by atoms with Crippen molar-refractivity contribution in [2.75, 3.05) is 5.32 Å². The molecule has 0 saturated heterocycles. The van der Waals surface area contributed by atoms with Gasteiger partial charge in [-0.3, -0.25) is 4.79 Å². The average molecular weight is 556 g/mol. The van der Waals surface area contributed by atoms with Gasteiger partial charge in [0.05, 0.1) is 22.0 Å². The van der Waals surface area contributed by atoms with Gasteiger partial charge in [-0.15, -0.1) is 10.2 Å². The zero-order chi connectivity index (χ0) is 28.1. The van der Waals surface area contributed by atoms with Crippen LogP contribution in [0.25, 0.3) is 55.4 Å². The first-order valence-corrected chi connectivity index (χ1v) is 13.8. The molecular formula is C32H21N5O3S. The molecule has 0 saturated carbocycles. The number of nitrogens with zero attached hydrogens (tertiary/aromatic N) is 4. The average Bonchev–Trinajstić information content (AvgIpc) is 3.31. The van der Waals surface area contributed by atoms with Crippen molar-refractivity contribution in [3.63, 3.8) is 0 Å². The highest BCUT2D eigenvalue weighted by Gasteiger charge is 2.26. The van der Waals surface area contributed by atoms with E-state index in [1.807, 2.05) is 42.5 Å². The number of aromatic carboxylic acids is 1. The van der Waals surface area contributed by atoms with E-state index in [9.17, 15) is 14.7 Å². The number of rotatable bonds is 6. The number of carboxylic acids is 1. The molecule has 0 fully saturated rings. The Morgan fingerprint density at radius 2 is 1.56 bits per heavy atom. The number of pyridine rings is 1. The Balaban J connectivity index is 1.07. The maximum absolute atomic E-state index is 13.0.